The van der Waals surface area contributed by atoms with Crippen molar-refractivity contribution >= 4 is 23.5 Å². The molecule has 0 spiro atoms. The molecular weight excluding hydrogens is 356 g/mol. The van der Waals surface area contributed by atoms with Crippen LogP contribution in [-0.4, -0.2) is 12.5 Å². The first-order valence-electron chi connectivity index (χ1n) is 5.68. The molecule has 5 heteroatoms. The van der Waals surface area contributed by atoms with Gasteiger partial charge in [-0.3, -0.25) is 0 Å². The van der Waals surface area contributed by atoms with Gasteiger partial charge in [-0.15, -0.1) is 0 Å². The quantitative estimate of drug-likeness (QED) is 0.698. The van der Waals surface area contributed by atoms with Gasteiger partial charge in [-0.1, -0.05) is 0 Å². The summed E-state index contributed by atoms with van der Waals surface area (Å²) in [6, 6.07) is 16.2. The first kappa shape index (κ1) is 15.0. The van der Waals surface area contributed by atoms with Crippen molar-refractivity contribution in [1.29, 1.82) is 0 Å². The minimum absolute atomic E-state index is 0.902. The molecule has 0 aliphatic carbocycles. The van der Waals surface area contributed by atoms with E-state index >= 15 is 0 Å². The second kappa shape index (κ2) is 8.03. The Kier molecular flexibility index (Phi) is 6.35. The normalized spacial score (nSPS) is 10.0. The third-order valence-electron chi connectivity index (χ3n) is 2.40. The van der Waals surface area contributed by atoms with E-state index in [1.807, 2.05) is 36.4 Å². The summed E-state index contributed by atoms with van der Waals surface area (Å²) < 4.78 is 11.5. The molecule has 0 aromatic heterocycles. The Labute approximate surface area is 135 Å². The van der Waals surface area contributed by atoms with Gasteiger partial charge in [0.25, 0.3) is 0 Å². The van der Waals surface area contributed by atoms with E-state index in [-0.39, 0.29) is 0 Å². The molecule has 0 N–H and O–H groups in total. The molecule has 2 aromatic rings. The molecule has 98 valence electrons. The summed E-state index contributed by atoms with van der Waals surface area (Å²) in [7, 11) is 0. The zero-order valence-corrected chi connectivity index (χ0v) is 14.8. The van der Waals surface area contributed by atoms with E-state index in [4.69, 9.17) is 5.63 Å². The van der Waals surface area contributed by atoms with E-state index in [2.05, 4.69) is 24.6 Å². The molecule has 0 heterocycles. The average molecular weight is 370 g/mol. The molecular formula is C14H14O2S2Zr. The van der Waals surface area contributed by atoms with Crippen molar-refractivity contribution in [2.24, 2.45) is 0 Å². The van der Waals surface area contributed by atoms with Crippen LogP contribution in [0.15, 0.2) is 58.3 Å². The Morgan fingerprint density at radius 2 is 1.26 bits per heavy atom. The standard InChI is InChI=1S/2C7H8OS.Zr/c2*1-9-7-4-2-3-6(8)5-7;/h2*2-5,8H,1H3;/q;;+2/p-2. The Hall–Kier alpha value is -0.377. The van der Waals surface area contributed by atoms with Crippen LogP contribution >= 0.6 is 23.5 Å². The summed E-state index contributed by atoms with van der Waals surface area (Å²) in [4.78, 5) is 2.42. The van der Waals surface area contributed by atoms with E-state index in [9.17, 15) is 0 Å². The van der Waals surface area contributed by atoms with Gasteiger partial charge in [0.15, 0.2) is 0 Å². The number of hydrogen-bond acceptors (Lipinski definition) is 4. The molecule has 0 saturated carbocycles. The van der Waals surface area contributed by atoms with Crippen LogP contribution in [0.1, 0.15) is 0 Å². The van der Waals surface area contributed by atoms with Gasteiger partial charge >= 0.3 is 136 Å². The molecule has 2 nitrogen and oxygen atoms in total. The van der Waals surface area contributed by atoms with Crippen LogP contribution in [0, 0.1) is 0 Å². The third kappa shape index (κ3) is 4.90. The van der Waals surface area contributed by atoms with Crippen molar-refractivity contribution in [3.8, 4) is 11.5 Å². The molecule has 0 unspecified atom stereocenters. The molecule has 0 saturated heterocycles. The van der Waals surface area contributed by atoms with Crippen LogP contribution < -0.4 is 5.63 Å². The van der Waals surface area contributed by atoms with Gasteiger partial charge in [0, 0.05) is 0 Å². The summed E-state index contributed by atoms with van der Waals surface area (Å²) in [5.41, 5.74) is 0. The summed E-state index contributed by atoms with van der Waals surface area (Å²) in [5.74, 6) is 1.80. The van der Waals surface area contributed by atoms with Crippen LogP contribution in [0.4, 0.5) is 0 Å². The molecule has 2 rings (SSSR count). The molecule has 0 fully saturated rings. The fourth-order valence-electron chi connectivity index (χ4n) is 1.45. The van der Waals surface area contributed by atoms with Crippen LogP contribution in [0.3, 0.4) is 0 Å². The van der Waals surface area contributed by atoms with Gasteiger partial charge in [-0.05, 0) is 0 Å². The molecule has 19 heavy (non-hydrogen) atoms. The molecule has 0 bridgehead atoms. The Morgan fingerprint density at radius 1 is 0.789 bits per heavy atom. The van der Waals surface area contributed by atoms with E-state index in [1.54, 1.807) is 23.5 Å². The monoisotopic (exact) mass is 368 g/mol. The van der Waals surface area contributed by atoms with E-state index in [0.717, 1.165) is 11.5 Å². The Balaban J connectivity index is 1.88. The van der Waals surface area contributed by atoms with E-state index in [0.29, 0.717) is 0 Å². The average Bonchev–Trinajstić information content (AvgIpc) is 2.48. The molecule has 0 radical (unpaired) electrons. The number of thioether (sulfide) groups is 2. The van der Waals surface area contributed by atoms with Gasteiger partial charge in [-0.25, -0.2) is 0 Å². The van der Waals surface area contributed by atoms with Crippen molar-refractivity contribution in [1.82, 2.24) is 0 Å². The first-order chi connectivity index (χ1) is 9.31. The first-order valence-corrected chi connectivity index (χ1v) is 10.1. The molecule has 0 amide bonds. The maximum absolute atomic E-state index is 5.75. The molecule has 0 atom stereocenters. The van der Waals surface area contributed by atoms with Crippen LogP contribution in [0.2, 0.25) is 0 Å². The number of rotatable bonds is 6. The SMILES string of the molecule is CSc1cccc([O][Zr][O]c2cccc(SC)c2)c1. The maximum atomic E-state index is 5.75. The van der Waals surface area contributed by atoms with E-state index in [1.165, 1.54) is 9.79 Å². The van der Waals surface area contributed by atoms with Crippen LogP contribution in [0.25, 0.3) is 0 Å². The zero-order valence-electron chi connectivity index (χ0n) is 10.8. The van der Waals surface area contributed by atoms with Crippen LogP contribution in [0.5, 0.6) is 11.5 Å². The predicted octanol–water partition coefficient (Wildman–Crippen LogP) is 4.50. The van der Waals surface area contributed by atoms with E-state index < -0.39 is 24.1 Å². The fraction of sp³-hybridized carbons (Fsp3) is 0.143. The zero-order chi connectivity index (χ0) is 13.5. The fourth-order valence-corrected chi connectivity index (χ4v) is 3.54. The predicted molar refractivity (Wildman–Crippen MR) is 77.7 cm³/mol. The number of benzene rings is 2. The van der Waals surface area contributed by atoms with Crippen molar-refractivity contribution in [3.63, 3.8) is 0 Å². The van der Waals surface area contributed by atoms with Gasteiger partial charge in [-0.2, -0.15) is 0 Å². The Morgan fingerprint density at radius 3 is 1.68 bits per heavy atom. The second-order valence-corrected chi connectivity index (χ2v) is 6.82. The molecule has 2 aromatic carbocycles. The summed E-state index contributed by atoms with van der Waals surface area (Å²) >= 11 is 2.09. The van der Waals surface area contributed by atoms with Gasteiger partial charge in [0.2, 0.25) is 0 Å². The number of hydrogen-bond donors (Lipinski definition) is 0. The van der Waals surface area contributed by atoms with Gasteiger partial charge in [0.05, 0.1) is 0 Å². The summed E-state index contributed by atoms with van der Waals surface area (Å²) in [6.45, 7) is 0. The van der Waals surface area contributed by atoms with Gasteiger partial charge in [0.1, 0.15) is 0 Å². The minimum atomic E-state index is -1.34. The molecule has 0 aliphatic rings. The molecule has 0 aliphatic heterocycles. The van der Waals surface area contributed by atoms with Crippen molar-refractivity contribution < 1.29 is 29.7 Å². The second-order valence-electron chi connectivity index (χ2n) is 3.65. The summed E-state index contributed by atoms with van der Waals surface area (Å²) in [5, 5.41) is 0. The third-order valence-corrected chi connectivity index (χ3v) is 5.42. The van der Waals surface area contributed by atoms with Gasteiger partial charge < -0.3 is 0 Å². The van der Waals surface area contributed by atoms with Crippen molar-refractivity contribution in [3.05, 3.63) is 48.5 Å². The topological polar surface area (TPSA) is 18.5 Å². The van der Waals surface area contributed by atoms with Crippen LogP contribution in [-0.2, 0) is 24.1 Å². The van der Waals surface area contributed by atoms with Crippen molar-refractivity contribution in [2.75, 3.05) is 12.5 Å². The Bertz CT molecular complexity index is 487. The summed E-state index contributed by atoms with van der Waals surface area (Å²) in [6.07, 6.45) is 4.12. The van der Waals surface area contributed by atoms with Crippen molar-refractivity contribution in [2.45, 2.75) is 9.79 Å².